The third-order valence-electron chi connectivity index (χ3n) is 4.07. The minimum absolute atomic E-state index is 0.102. The summed E-state index contributed by atoms with van der Waals surface area (Å²) in [5.41, 5.74) is 1.17. The number of halogens is 2. The van der Waals surface area contributed by atoms with Crippen molar-refractivity contribution in [2.24, 2.45) is 0 Å². The molecule has 0 unspecified atom stereocenters. The average Bonchev–Trinajstić information content (AvgIpc) is 2.54. The topological polar surface area (TPSA) is 9.23 Å². The van der Waals surface area contributed by atoms with Crippen LogP contribution >= 0.6 is 0 Å². The van der Waals surface area contributed by atoms with Gasteiger partial charge in [-0.1, -0.05) is 56.9 Å². The number of hydrogen-bond acceptors (Lipinski definition) is 1. The predicted molar refractivity (Wildman–Crippen MR) is 87.3 cm³/mol. The highest BCUT2D eigenvalue weighted by Gasteiger charge is 2.31. The minimum Gasteiger partial charge on any atom is -0.320 e. The number of unbranched alkanes of at least 4 members (excludes halogenated alkanes) is 4. The Balaban J connectivity index is 2.07. The van der Waals surface area contributed by atoms with Gasteiger partial charge in [-0.25, -0.2) is 0 Å². The van der Waals surface area contributed by atoms with Gasteiger partial charge < -0.3 is 4.74 Å². The molecule has 2 rings (SSSR count). The summed E-state index contributed by atoms with van der Waals surface area (Å²) in [4.78, 5) is 0. The van der Waals surface area contributed by atoms with Crippen LogP contribution in [0.2, 0.25) is 0 Å². The van der Waals surface area contributed by atoms with Crippen molar-refractivity contribution in [3.63, 3.8) is 0 Å². The zero-order chi connectivity index (χ0) is 16.0. The number of rotatable bonds is 8. The van der Waals surface area contributed by atoms with Crippen molar-refractivity contribution < 1.29 is 13.5 Å². The fourth-order valence-corrected chi connectivity index (χ4v) is 2.68. The van der Waals surface area contributed by atoms with Crippen LogP contribution in [0.4, 0.5) is 8.78 Å². The van der Waals surface area contributed by atoms with Gasteiger partial charge >= 0.3 is 6.11 Å². The molecule has 0 aliphatic rings. The molecule has 0 spiro atoms. The van der Waals surface area contributed by atoms with E-state index < -0.39 is 6.11 Å². The molecule has 0 saturated carbocycles. The van der Waals surface area contributed by atoms with Gasteiger partial charge in [0.05, 0.1) is 5.56 Å². The van der Waals surface area contributed by atoms with Gasteiger partial charge in [-0.15, -0.1) is 0 Å². The van der Waals surface area contributed by atoms with Gasteiger partial charge in [0.1, 0.15) is 0 Å². The van der Waals surface area contributed by atoms with Crippen LogP contribution in [0.25, 0.3) is 10.8 Å². The molecule has 0 radical (unpaired) electrons. The van der Waals surface area contributed by atoms with Crippen LogP contribution in [0.1, 0.15) is 50.2 Å². The van der Waals surface area contributed by atoms with Crippen molar-refractivity contribution in [2.75, 3.05) is 7.11 Å². The zero-order valence-corrected chi connectivity index (χ0v) is 13.4. The van der Waals surface area contributed by atoms with Gasteiger partial charge in [-0.2, -0.15) is 8.78 Å². The van der Waals surface area contributed by atoms with Crippen LogP contribution < -0.4 is 0 Å². The molecule has 1 nitrogen and oxygen atoms in total. The molecule has 0 aliphatic heterocycles. The number of benzene rings is 2. The van der Waals surface area contributed by atoms with E-state index in [1.165, 1.54) is 49.8 Å². The molecule has 2 aromatic carbocycles. The van der Waals surface area contributed by atoms with Crippen molar-refractivity contribution >= 4 is 10.8 Å². The summed E-state index contributed by atoms with van der Waals surface area (Å²) in [5, 5.41) is 1.82. The largest absolute Gasteiger partial charge is 0.383 e. The summed E-state index contributed by atoms with van der Waals surface area (Å²) in [5.74, 6) is 0. The van der Waals surface area contributed by atoms with E-state index in [0.29, 0.717) is 0 Å². The van der Waals surface area contributed by atoms with Crippen LogP contribution in [0.5, 0.6) is 0 Å². The van der Waals surface area contributed by atoms with Crippen molar-refractivity contribution in [2.45, 2.75) is 51.6 Å². The molecule has 0 atom stereocenters. The highest BCUT2D eigenvalue weighted by molar-refractivity contribution is 5.84. The van der Waals surface area contributed by atoms with E-state index in [4.69, 9.17) is 0 Å². The average molecular weight is 306 g/mol. The van der Waals surface area contributed by atoms with E-state index in [9.17, 15) is 8.78 Å². The first-order valence-electron chi connectivity index (χ1n) is 8.03. The molecule has 22 heavy (non-hydrogen) atoms. The summed E-state index contributed by atoms with van der Waals surface area (Å²) >= 11 is 0. The molecule has 3 heteroatoms. The van der Waals surface area contributed by atoms with Gasteiger partial charge in [-0.3, -0.25) is 0 Å². The Bertz CT molecular complexity index is 607. The summed E-state index contributed by atoms with van der Waals surface area (Å²) in [7, 11) is 1.02. The highest BCUT2D eigenvalue weighted by Crippen LogP contribution is 2.31. The summed E-state index contributed by atoms with van der Waals surface area (Å²) in [6, 6.07) is 10.8. The molecule has 2 aromatic rings. The Kier molecular flexibility index (Phi) is 5.90. The fourth-order valence-electron chi connectivity index (χ4n) is 2.68. The molecule has 0 saturated heterocycles. The second-order valence-electron chi connectivity index (χ2n) is 5.78. The van der Waals surface area contributed by atoms with E-state index in [1.54, 1.807) is 6.07 Å². The van der Waals surface area contributed by atoms with Crippen molar-refractivity contribution in [1.82, 2.24) is 0 Å². The normalized spacial score (nSPS) is 12.0. The lowest BCUT2D eigenvalue weighted by atomic mass is 10.0. The van der Waals surface area contributed by atoms with E-state index >= 15 is 0 Å². The lowest BCUT2D eigenvalue weighted by Crippen LogP contribution is -2.15. The van der Waals surface area contributed by atoms with Crippen LogP contribution in [0.15, 0.2) is 36.4 Å². The summed E-state index contributed by atoms with van der Waals surface area (Å²) in [6.45, 7) is 2.21. The van der Waals surface area contributed by atoms with Gasteiger partial charge in [0.25, 0.3) is 0 Å². The second-order valence-corrected chi connectivity index (χ2v) is 5.78. The maximum absolute atomic E-state index is 13.5. The van der Waals surface area contributed by atoms with Crippen molar-refractivity contribution in [1.29, 1.82) is 0 Å². The van der Waals surface area contributed by atoms with Gasteiger partial charge in [0.2, 0.25) is 0 Å². The van der Waals surface area contributed by atoms with Crippen LogP contribution in [-0.4, -0.2) is 7.11 Å². The third kappa shape index (κ3) is 4.26. The maximum atomic E-state index is 13.5. The van der Waals surface area contributed by atoms with Crippen LogP contribution in [-0.2, 0) is 17.3 Å². The predicted octanol–water partition coefficient (Wildman–Crippen LogP) is 6.05. The van der Waals surface area contributed by atoms with Crippen LogP contribution in [0, 0.1) is 0 Å². The minimum atomic E-state index is -3.23. The molecule has 120 valence electrons. The standard InChI is InChI=1S/C19H24F2O/c1-3-4-5-6-7-8-15-9-10-17-14-18(19(20,21)22-2)12-11-16(17)13-15/h9-14H,3-8H2,1-2H3. The van der Waals surface area contributed by atoms with E-state index in [-0.39, 0.29) is 5.56 Å². The summed E-state index contributed by atoms with van der Waals surface area (Å²) < 4.78 is 31.3. The molecular weight excluding hydrogens is 282 g/mol. The smallest absolute Gasteiger partial charge is 0.320 e. The second kappa shape index (κ2) is 7.68. The number of alkyl halides is 2. The number of hydrogen-bond donors (Lipinski definition) is 0. The first kappa shape index (κ1) is 16.9. The number of methoxy groups -OCH3 is 1. The number of fused-ring (bicyclic) bond motifs is 1. The lowest BCUT2D eigenvalue weighted by molar-refractivity contribution is -0.231. The summed E-state index contributed by atoms with van der Waals surface area (Å²) in [6.07, 6.45) is 4.11. The first-order chi connectivity index (χ1) is 10.6. The number of ether oxygens (including phenoxy) is 1. The fraction of sp³-hybridized carbons (Fsp3) is 0.474. The quantitative estimate of drug-likeness (QED) is 0.539. The third-order valence-corrected chi connectivity index (χ3v) is 4.07. The van der Waals surface area contributed by atoms with Gasteiger partial charge in [0, 0.05) is 7.11 Å². The molecule has 0 fully saturated rings. The van der Waals surface area contributed by atoms with E-state index in [1.807, 2.05) is 12.1 Å². The molecule has 0 aliphatic carbocycles. The monoisotopic (exact) mass is 306 g/mol. The van der Waals surface area contributed by atoms with Crippen molar-refractivity contribution in [3.05, 3.63) is 47.5 Å². The maximum Gasteiger partial charge on any atom is 0.383 e. The molecule has 0 heterocycles. The molecular formula is C19H24F2O. The Labute approximate surface area is 131 Å². The zero-order valence-electron chi connectivity index (χ0n) is 13.4. The highest BCUT2D eigenvalue weighted by atomic mass is 19.3. The Morgan fingerprint density at radius 3 is 2.32 bits per heavy atom. The molecule has 0 amide bonds. The lowest BCUT2D eigenvalue weighted by Gasteiger charge is -2.15. The molecule has 0 N–H and O–H groups in total. The Hall–Kier alpha value is -1.48. The molecule has 0 bridgehead atoms. The Morgan fingerprint density at radius 1 is 0.909 bits per heavy atom. The van der Waals surface area contributed by atoms with Crippen molar-refractivity contribution in [3.8, 4) is 0 Å². The SMILES string of the molecule is CCCCCCCc1ccc2cc(C(F)(F)OC)ccc2c1. The Morgan fingerprint density at radius 2 is 1.59 bits per heavy atom. The number of aryl methyl sites for hydroxylation is 1. The van der Waals surface area contributed by atoms with E-state index in [2.05, 4.69) is 17.7 Å². The molecule has 0 aromatic heterocycles. The van der Waals surface area contributed by atoms with Gasteiger partial charge in [0.15, 0.2) is 0 Å². The first-order valence-corrected chi connectivity index (χ1v) is 8.03. The van der Waals surface area contributed by atoms with Crippen LogP contribution in [0.3, 0.4) is 0 Å². The van der Waals surface area contributed by atoms with E-state index in [0.717, 1.165) is 24.3 Å². The van der Waals surface area contributed by atoms with Gasteiger partial charge in [-0.05, 0) is 41.3 Å².